The zero-order chi connectivity index (χ0) is 16.6. The molecule has 2 N–H and O–H groups in total. The molecule has 0 aliphatic rings. The van der Waals surface area contributed by atoms with Gasteiger partial charge >= 0.3 is 6.03 Å². The van der Waals surface area contributed by atoms with Gasteiger partial charge in [-0.3, -0.25) is 4.98 Å². The number of pyridine rings is 1. The third kappa shape index (κ3) is 4.64. The van der Waals surface area contributed by atoms with Crippen molar-refractivity contribution in [2.24, 2.45) is 0 Å². The summed E-state index contributed by atoms with van der Waals surface area (Å²) in [5, 5.41) is 9.73. The molecule has 0 aliphatic carbocycles. The van der Waals surface area contributed by atoms with E-state index in [0.29, 0.717) is 19.6 Å². The van der Waals surface area contributed by atoms with E-state index in [2.05, 4.69) is 25.7 Å². The standard InChI is InChI=1S/C17H18N6O/c24-17(21-10-15-5-7-18-8-6-15)20-9-14-1-3-16(4-2-14)11-23-13-19-12-22-23/h1-8,12-13H,9-11H2,(H2,20,21,24). The summed E-state index contributed by atoms with van der Waals surface area (Å²) in [5.74, 6) is 0. The van der Waals surface area contributed by atoms with E-state index in [1.807, 2.05) is 36.4 Å². The second-order valence-corrected chi connectivity index (χ2v) is 5.30. The minimum atomic E-state index is -0.196. The SMILES string of the molecule is O=C(NCc1ccncc1)NCc1ccc(Cn2cncn2)cc1. The first-order valence-corrected chi connectivity index (χ1v) is 7.60. The molecular formula is C17H18N6O. The Labute approximate surface area is 139 Å². The molecule has 3 aromatic rings. The van der Waals surface area contributed by atoms with Crippen LogP contribution >= 0.6 is 0 Å². The summed E-state index contributed by atoms with van der Waals surface area (Å²) in [7, 11) is 0. The Morgan fingerprint density at radius 1 is 0.875 bits per heavy atom. The fourth-order valence-electron chi connectivity index (χ4n) is 2.19. The summed E-state index contributed by atoms with van der Waals surface area (Å²) in [6.07, 6.45) is 6.61. The molecule has 7 nitrogen and oxygen atoms in total. The summed E-state index contributed by atoms with van der Waals surface area (Å²) in [6.45, 7) is 1.64. The maximum absolute atomic E-state index is 11.8. The molecule has 24 heavy (non-hydrogen) atoms. The molecule has 7 heteroatoms. The Kier molecular flexibility index (Phi) is 5.14. The Balaban J connectivity index is 1.43. The molecule has 0 unspecified atom stereocenters. The Hall–Kier alpha value is -3.22. The van der Waals surface area contributed by atoms with Crippen LogP contribution < -0.4 is 10.6 Å². The van der Waals surface area contributed by atoms with E-state index in [0.717, 1.165) is 16.7 Å². The van der Waals surface area contributed by atoms with Gasteiger partial charge in [-0.1, -0.05) is 24.3 Å². The molecule has 0 saturated heterocycles. The van der Waals surface area contributed by atoms with Crippen molar-refractivity contribution < 1.29 is 4.79 Å². The minimum Gasteiger partial charge on any atom is -0.334 e. The average Bonchev–Trinajstić information content (AvgIpc) is 3.13. The van der Waals surface area contributed by atoms with Gasteiger partial charge in [0.1, 0.15) is 12.7 Å². The van der Waals surface area contributed by atoms with Gasteiger partial charge in [-0.2, -0.15) is 5.10 Å². The van der Waals surface area contributed by atoms with Crippen LogP contribution in [0.4, 0.5) is 4.79 Å². The Bertz CT molecular complexity index is 756. The van der Waals surface area contributed by atoms with Gasteiger partial charge in [-0.15, -0.1) is 0 Å². The van der Waals surface area contributed by atoms with Crippen molar-refractivity contribution in [3.8, 4) is 0 Å². The maximum Gasteiger partial charge on any atom is 0.315 e. The first-order chi connectivity index (χ1) is 11.8. The van der Waals surface area contributed by atoms with Gasteiger partial charge in [0.05, 0.1) is 6.54 Å². The van der Waals surface area contributed by atoms with E-state index >= 15 is 0 Å². The normalized spacial score (nSPS) is 10.3. The molecule has 122 valence electrons. The molecule has 0 aliphatic heterocycles. The number of hydrogen-bond acceptors (Lipinski definition) is 4. The number of urea groups is 1. The lowest BCUT2D eigenvalue weighted by atomic mass is 10.1. The van der Waals surface area contributed by atoms with Crippen LogP contribution in [0.25, 0.3) is 0 Å². The number of aromatic nitrogens is 4. The lowest BCUT2D eigenvalue weighted by Crippen LogP contribution is -2.34. The lowest BCUT2D eigenvalue weighted by molar-refractivity contribution is 0.240. The van der Waals surface area contributed by atoms with Crippen LogP contribution in [0.15, 0.2) is 61.4 Å². The minimum absolute atomic E-state index is 0.196. The number of hydrogen-bond donors (Lipinski definition) is 2. The molecule has 3 rings (SSSR count). The topological polar surface area (TPSA) is 84.7 Å². The summed E-state index contributed by atoms with van der Waals surface area (Å²) in [6, 6.07) is 11.6. The van der Waals surface area contributed by atoms with Gasteiger partial charge < -0.3 is 10.6 Å². The van der Waals surface area contributed by atoms with E-state index in [-0.39, 0.29) is 6.03 Å². The monoisotopic (exact) mass is 322 g/mol. The predicted molar refractivity (Wildman–Crippen MR) is 88.9 cm³/mol. The van der Waals surface area contributed by atoms with Crippen molar-refractivity contribution >= 4 is 6.03 Å². The molecule has 1 aromatic carbocycles. The third-order valence-corrected chi connectivity index (χ3v) is 3.49. The molecule has 0 radical (unpaired) electrons. The summed E-state index contributed by atoms with van der Waals surface area (Å²) >= 11 is 0. The number of carbonyl (C=O) groups excluding carboxylic acids is 1. The first kappa shape index (κ1) is 15.7. The van der Waals surface area contributed by atoms with Crippen molar-refractivity contribution in [1.82, 2.24) is 30.4 Å². The highest BCUT2D eigenvalue weighted by Gasteiger charge is 2.01. The quantitative estimate of drug-likeness (QED) is 0.724. The van der Waals surface area contributed by atoms with Crippen LogP contribution in [0.1, 0.15) is 16.7 Å². The van der Waals surface area contributed by atoms with Crippen molar-refractivity contribution in [3.63, 3.8) is 0 Å². The molecule has 2 amide bonds. The molecule has 0 spiro atoms. The third-order valence-electron chi connectivity index (χ3n) is 3.49. The number of amides is 2. The average molecular weight is 322 g/mol. The van der Waals surface area contributed by atoms with Gasteiger partial charge in [0.25, 0.3) is 0 Å². The number of carbonyl (C=O) groups is 1. The maximum atomic E-state index is 11.8. The molecular weight excluding hydrogens is 304 g/mol. The number of nitrogens with zero attached hydrogens (tertiary/aromatic N) is 4. The number of benzene rings is 1. The van der Waals surface area contributed by atoms with Gasteiger partial charge in [0.2, 0.25) is 0 Å². The molecule has 2 heterocycles. The van der Waals surface area contributed by atoms with Gasteiger partial charge in [-0.05, 0) is 28.8 Å². The lowest BCUT2D eigenvalue weighted by Gasteiger charge is -2.08. The van der Waals surface area contributed by atoms with Crippen molar-refractivity contribution in [2.75, 3.05) is 0 Å². The van der Waals surface area contributed by atoms with Gasteiger partial charge in [0, 0.05) is 25.5 Å². The highest BCUT2D eigenvalue weighted by molar-refractivity contribution is 5.73. The van der Waals surface area contributed by atoms with E-state index in [4.69, 9.17) is 0 Å². The van der Waals surface area contributed by atoms with Crippen LogP contribution in [0.3, 0.4) is 0 Å². The number of rotatable bonds is 6. The van der Waals surface area contributed by atoms with E-state index in [9.17, 15) is 4.79 Å². The molecule has 2 aromatic heterocycles. The fraction of sp³-hybridized carbons (Fsp3) is 0.176. The molecule has 0 fully saturated rings. The smallest absolute Gasteiger partial charge is 0.315 e. The zero-order valence-corrected chi connectivity index (χ0v) is 13.1. The van der Waals surface area contributed by atoms with Crippen LogP contribution in [0.5, 0.6) is 0 Å². The second kappa shape index (κ2) is 7.87. The van der Waals surface area contributed by atoms with E-state index < -0.39 is 0 Å². The summed E-state index contributed by atoms with van der Waals surface area (Å²) in [4.78, 5) is 19.7. The number of nitrogens with one attached hydrogen (secondary N) is 2. The fourth-order valence-corrected chi connectivity index (χ4v) is 2.19. The van der Waals surface area contributed by atoms with E-state index in [1.54, 1.807) is 23.4 Å². The van der Waals surface area contributed by atoms with Crippen molar-refractivity contribution in [3.05, 3.63) is 78.1 Å². The van der Waals surface area contributed by atoms with Crippen LogP contribution in [-0.4, -0.2) is 25.8 Å². The largest absolute Gasteiger partial charge is 0.334 e. The highest BCUT2D eigenvalue weighted by atomic mass is 16.2. The van der Waals surface area contributed by atoms with Crippen LogP contribution in [-0.2, 0) is 19.6 Å². The highest BCUT2D eigenvalue weighted by Crippen LogP contribution is 2.05. The van der Waals surface area contributed by atoms with Gasteiger partial charge in [-0.25, -0.2) is 14.5 Å². The van der Waals surface area contributed by atoms with Crippen molar-refractivity contribution in [2.45, 2.75) is 19.6 Å². The Morgan fingerprint density at radius 2 is 1.50 bits per heavy atom. The Morgan fingerprint density at radius 3 is 2.12 bits per heavy atom. The van der Waals surface area contributed by atoms with Gasteiger partial charge in [0.15, 0.2) is 0 Å². The second-order valence-electron chi connectivity index (χ2n) is 5.30. The summed E-state index contributed by atoms with van der Waals surface area (Å²) in [5.41, 5.74) is 3.18. The zero-order valence-electron chi connectivity index (χ0n) is 13.1. The molecule has 0 bridgehead atoms. The summed E-state index contributed by atoms with van der Waals surface area (Å²) < 4.78 is 1.76. The molecule has 0 saturated carbocycles. The van der Waals surface area contributed by atoms with E-state index in [1.165, 1.54) is 6.33 Å². The molecule has 0 atom stereocenters. The van der Waals surface area contributed by atoms with Crippen LogP contribution in [0, 0.1) is 0 Å². The first-order valence-electron chi connectivity index (χ1n) is 7.60. The van der Waals surface area contributed by atoms with Crippen LogP contribution in [0.2, 0.25) is 0 Å². The predicted octanol–water partition coefficient (Wildman–Crippen LogP) is 1.72. The van der Waals surface area contributed by atoms with Crippen molar-refractivity contribution in [1.29, 1.82) is 0 Å².